The number of nitro groups is 1. The lowest BCUT2D eigenvalue weighted by molar-refractivity contribution is -0.384. The van der Waals surface area contributed by atoms with Crippen LogP contribution in [0.25, 0.3) is 0 Å². The van der Waals surface area contributed by atoms with Gasteiger partial charge in [-0.05, 0) is 12.5 Å². The molecule has 0 saturated heterocycles. The molecule has 1 aromatic rings. The van der Waals surface area contributed by atoms with Crippen molar-refractivity contribution in [3.8, 4) is 5.75 Å². The first-order valence-corrected chi connectivity index (χ1v) is 6.82. The van der Waals surface area contributed by atoms with Crippen molar-refractivity contribution in [3.63, 3.8) is 0 Å². The first-order chi connectivity index (χ1) is 9.56. The number of para-hydroxylation sites is 1. The summed E-state index contributed by atoms with van der Waals surface area (Å²) in [5.74, 6) is -0.607. The lowest BCUT2D eigenvalue weighted by atomic mass is 10.1. The maximum Gasteiger partial charge on any atom is 0.296 e. The second kappa shape index (κ2) is 8.14. The zero-order valence-electron chi connectivity index (χ0n) is 11.6. The van der Waals surface area contributed by atoms with Crippen LogP contribution in [0.3, 0.4) is 0 Å². The molecule has 1 rings (SSSR count). The fourth-order valence-corrected chi connectivity index (χ4v) is 1.90. The molecule has 6 nitrogen and oxygen atoms in total. The summed E-state index contributed by atoms with van der Waals surface area (Å²) in [5.41, 5.74) is -0.430. The number of benzene rings is 1. The highest BCUT2D eigenvalue weighted by Gasteiger charge is 2.19. The third kappa shape index (κ3) is 4.87. The molecule has 0 aromatic heterocycles. The van der Waals surface area contributed by atoms with E-state index in [1.807, 2.05) is 0 Å². The van der Waals surface area contributed by atoms with Gasteiger partial charge >= 0.3 is 0 Å². The fourth-order valence-electron chi connectivity index (χ4n) is 1.90. The van der Waals surface area contributed by atoms with Gasteiger partial charge in [-0.15, -0.1) is 0 Å². The Bertz CT molecular complexity index is 474. The molecule has 0 unspecified atom stereocenters. The van der Waals surface area contributed by atoms with Crippen LogP contribution in [0.2, 0.25) is 0 Å². The standard InChI is InChI=1S/C14H20N2O4/c1-2-3-4-5-6-10-13(18)15-14-11(16(19)20)8-7-9-12(14)17/h7-9,17H,2-6,10H2,1H3,(H,15,18). The first kappa shape index (κ1) is 15.9. The molecule has 20 heavy (non-hydrogen) atoms. The molecule has 0 aliphatic rings. The Balaban J connectivity index is 2.55. The van der Waals surface area contributed by atoms with Gasteiger partial charge in [-0.25, -0.2) is 0 Å². The van der Waals surface area contributed by atoms with Crippen molar-refractivity contribution < 1.29 is 14.8 Å². The Morgan fingerprint density at radius 3 is 2.65 bits per heavy atom. The molecule has 2 N–H and O–H groups in total. The first-order valence-electron chi connectivity index (χ1n) is 6.82. The van der Waals surface area contributed by atoms with E-state index in [1.165, 1.54) is 18.2 Å². The summed E-state index contributed by atoms with van der Waals surface area (Å²) < 4.78 is 0. The number of amides is 1. The zero-order valence-corrected chi connectivity index (χ0v) is 11.6. The summed E-state index contributed by atoms with van der Waals surface area (Å²) in [6.07, 6.45) is 5.37. The largest absolute Gasteiger partial charge is 0.505 e. The molecule has 1 amide bonds. The summed E-state index contributed by atoms with van der Waals surface area (Å²) in [6, 6.07) is 3.92. The van der Waals surface area contributed by atoms with Crippen LogP contribution in [0.4, 0.5) is 11.4 Å². The Morgan fingerprint density at radius 1 is 1.30 bits per heavy atom. The maximum atomic E-state index is 11.7. The van der Waals surface area contributed by atoms with Crippen LogP contribution in [0.5, 0.6) is 5.75 Å². The van der Waals surface area contributed by atoms with Gasteiger partial charge in [0.25, 0.3) is 5.69 Å². The molecule has 0 fully saturated rings. The van der Waals surface area contributed by atoms with Gasteiger partial charge in [0.05, 0.1) is 4.92 Å². The number of hydrogen-bond acceptors (Lipinski definition) is 4. The molecule has 0 aliphatic carbocycles. The minimum atomic E-state index is -0.628. The monoisotopic (exact) mass is 280 g/mol. The van der Waals surface area contributed by atoms with Gasteiger partial charge in [-0.3, -0.25) is 14.9 Å². The molecule has 0 aliphatic heterocycles. The smallest absolute Gasteiger partial charge is 0.296 e. The SMILES string of the molecule is CCCCCCCC(=O)Nc1c(O)cccc1[N+](=O)[O-]. The molecule has 0 bridgehead atoms. The van der Waals surface area contributed by atoms with E-state index in [0.29, 0.717) is 6.42 Å². The summed E-state index contributed by atoms with van der Waals surface area (Å²) in [5, 5.41) is 22.9. The van der Waals surface area contributed by atoms with E-state index < -0.39 is 4.92 Å². The lowest BCUT2D eigenvalue weighted by Gasteiger charge is -2.07. The average Bonchev–Trinajstić information content (AvgIpc) is 2.40. The van der Waals surface area contributed by atoms with Crippen LogP contribution in [-0.4, -0.2) is 15.9 Å². The van der Waals surface area contributed by atoms with Gasteiger partial charge in [0.2, 0.25) is 5.91 Å². The van der Waals surface area contributed by atoms with E-state index in [2.05, 4.69) is 12.2 Å². The molecule has 1 aromatic carbocycles. The number of unbranched alkanes of at least 4 members (excludes halogenated alkanes) is 4. The highest BCUT2D eigenvalue weighted by atomic mass is 16.6. The number of carbonyl (C=O) groups is 1. The molecular formula is C14H20N2O4. The number of nitro benzene ring substituents is 1. The third-order valence-corrected chi connectivity index (χ3v) is 2.99. The van der Waals surface area contributed by atoms with Crippen LogP contribution in [-0.2, 0) is 4.79 Å². The topological polar surface area (TPSA) is 92.5 Å². The van der Waals surface area contributed by atoms with E-state index in [4.69, 9.17) is 0 Å². The number of phenols is 1. The molecule has 0 radical (unpaired) electrons. The highest BCUT2D eigenvalue weighted by molar-refractivity contribution is 5.94. The van der Waals surface area contributed by atoms with Crippen molar-refractivity contribution in [2.45, 2.75) is 45.4 Å². The van der Waals surface area contributed by atoms with Gasteiger partial charge in [0.1, 0.15) is 5.75 Å². The molecule has 0 saturated carbocycles. The normalized spacial score (nSPS) is 10.2. The van der Waals surface area contributed by atoms with Crippen LogP contribution in [0.15, 0.2) is 18.2 Å². The fraction of sp³-hybridized carbons (Fsp3) is 0.500. The zero-order chi connectivity index (χ0) is 15.0. The third-order valence-electron chi connectivity index (χ3n) is 2.99. The molecule has 0 heterocycles. The number of anilines is 1. The molecule has 0 atom stereocenters. The van der Waals surface area contributed by atoms with Crippen molar-refractivity contribution in [2.24, 2.45) is 0 Å². The van der Waals surface area contributed by atoms with Gasteiger partial charge in [0.15, 0.2) is 5.69 Å². The van der Waals surface area contributed by atoms with Crippen molar-refractivity contribution in [1.29, 1.82) is 0 Å². The van der Waals surface area contributed by atoms with Gasteiger partial charge in [0, 0.05) is 12.5 Å². The van der Waals surface area contributed by atoms with Gasteiger partial charge in [-0.2, -0.15) is 0 Å². The minimum absolute atomic E-state index is 0.129. The van der Waals surface area contributed by atoms with Crippen molar-refractivity contribution in [3.05, 3.63) is 28.3 Å². The maximum absolute atomic E-state index is 11.7. The lowest BCUT2D eigenvalue weighted by Crippen LogP contribution is -2.12. The Labute approximate surface area is 118 Å². The molecule has 0 spiro atoms. The predicted octanol–water partition coefficient (Wildman–Crippen LogP) is 3.60. The summed E-state index contributed by atoms with van der Waals surface area (Å²) in [7, 11) is 0. The summed E-state index contributed by atoms with van der Waals surface area (Å²) in [4.78, 5) is 21.9. The van der Waals surface area contributed by atoms with Crippen molar-refractivity contribution in [2.75, 3.05) is 5.32 Å². The molecule has 6 heteroatoms. The number of nitrogens with one attached hydrogen (secondary N) is 1. The predicted molar refractivity (Wildman–Crippen MR) is 76.8 cm³/mol. The van der Waals surface area contributed by atoms with Gasteiger partial charge in [-0.1, -0.05) is 38.7 Å². The van der Waals surface area contributed by atoms with Gasteiger partial charge < -0.3 is 10.4 Å². The molecule has 110 valence electrons. The van der Waals surface area contributed by atoms with Crippen LogP contribution < -0.4 is 5.32 Å². The molecular weight excluding hydrogens is 260 g/mol. The average molecular weight is 280 g/mol. The quantitative estimate of drug-likeness (QED) is 0.329. The summed E-state index contributed by atoms with van der Waals surface area (Å²) in [6.45, 7) is 2.12. The van der Waals surface area contributed by atoms with Crippen LogP contribution in [0, 0.1) is 10.1 Å². The number of rotatable bonds is 8. The number of hydrogen-bond donors (Lipinski definition) is 2. The van der Waals surface area contributed by atoms with Crippen LogP contribution in [0.1, 0.15) is 45.4 Å². The van der Waals surface area contributed by atoms with Crippen molar-refractivity contribution >= 4 is 17.3 Å². The van der Waals surface area contributed by atoms with E-state index in [9.17, 15) is 20.0 Å². The highest BCUT2D eigenvalue weighted by Crippen LogP contribution is 2.33. The summed E-state index contributed by atoms with van der Waals surface area (Å²) >= 11 is 0. The number of carbonyl (C=O) groups excluding carboxylic acids is 1. The second-order valence-electron chi connectivity index (χ2n) is 4.64. The van der Waals surface area contributed by atoms with E-state index in [1.54, 1.807) is 0 Å². The van der Waals surface area contributed by atoms with Crippen molar-refractivity contribution in [1.82, 2.24) is 0 Å². The minimum Gasteiger partial charge on any atom is -0.505 e. The Morgan fingerprint density at radius 2 is 2.00 bits per heavy atom. The van der Waals surface area contributed by atoms with E-state index in [-0.39, 0.29) is 23.0 Å². The number of nitrogens with zero attached hydrogens (tertiary/aromatic N) is 1. The number of phenolic OH excluding ortho intramolecular Hbond substituents is 1. The Hall–Kier alpha value is -2.11. The van der Waals surface area contributed by atoms with Crippen LogP contribution >= 0.6 is 0 Å². The van der Waals surface area contributed by atoms with E-state index >= 15 is 0 Å². The number of aromatic hydroxyl groups is 1. The second-order valence-corrected chi connectivity index (χ2v) is 4.64. The van der Waals surface area contributed by atoms with E-state index in [0.717, 1.165) is 32.1 Å². The Kier molecular flexibility index (Phi) is 6.49.